The monoisotopic (exact) mass is 458 g/mol. The molecule has 0 spiro atoms. The first-order chi connectivity index (χ1) is 15.6. The van der Waals surface area contributed by atoms with Gasteiger partial charge in [0.1, 0.15) is 12.3 Å². The summed E-state index contributed by atoms with van der Waals surface area (Å²) in [6, 6.07) is 12.4. The fraction of sp³-hybridized carbons (Fsp3) is 0.261. The molecule has 0 atom stereocenters. The van der Waals surface area contributed by atoms with Gasteiger partial charge in [-0.25, -0.2) is 4.68 Å². The topological polar surface area (TPSA) is 76.5 Å². The quantitative estimate of drug-likeness (QED) is 0.635. The van der Waals surface area contributed by atoms with Crippen LogP contribution in [0.2, 0.25) is 0 Å². The second-order valence-electron chi connectivity index (χ2n) is 7.69. The summed E-state index contributed by atoms with van der Waals surface area (Å²) in [4.78, 5) is 26.0. The summed E-state index contributed by atoms with van der Waals surface area (Å²) in [6.07, 6.45) is -4.62. The maximum atomic E-state index is 13.8. The molecular formula is C23H21F3N4O3. The first-order valence-corrected chi connectivity index (χ1v) is 10.2. The fourth-order valence-electron chi connectivity index (χ4n) is 3.73. The number of nitrogens with one attached hydrogen (secondary N) is 1. The van der Waals surface area contributed by atoms with Crippen LogP contribution in [0.4, 0.5) is 18.9 Å². The van der Waals surface area contributed by atoms with Crippen LogP contribution < -0.4 is 15.0 Å². The number of rotatable bonds is 5. The van der Waals surface area contributed by atoms with Crippen molar-refractivity contribution < 1.29 is 27.5 Å². The first-order valence-electron chi connectivity index (χ1n) is 10.2. The van der Waals surface area contributed by atoms with E-state index in [1.807, 2.05) is 0 Å². The average Bonchev–Trinajstić information content (AvgIpc) is 3.11. The minimum Gasteiger partial charge on any atom is -0.482 e. The number of benzene rings is 2. The number of hydrogen-bond donors (Lipinski definition) is 1. The molecule has 7 nitrogen and oxygen atoms in total. The van der Waals surface area contributed by atoms with Gasteiger partial charge in [-0.2, -0.15) is 18.3 Å². The number of anilines is 1. The van der Waals surface area contributed by atoms with Gasteiger partial charge < -0.3 is 10.1 Å². The van der Waals surface area contributed by atoms with Crippen molar-refractivity contribution in [2.45, 2.75) is 26.6 Å². The molecule has 4 rings (SSSR count). The van der Waals surface area contributed by atoms with Crippen LogP contribution in [0.15, 0.2) is 48.5 Å². The van der Waals surface area contributed by atoms with Crippen LogP contribution in [0.1, 0.15) is 22.5 Å². The van der Waals surface area contributed by atoms with E-state index in [0.29, 0.717) is 22.8 Å². The fourth-order valence-corrected chi connectivity index (χ4v) is 3.73. The number of para-hydroxylation sites is 2. The van der Waals surface area contributed by atoms with Gasteiger partial charge >= 0.3 is 6.18 Å². The highest BCUT2D eigenvalue weighted by Crippen LogP contribution is 2.34. The van der Waals surface area contributed by atoms with E-state index in [9.17, 15) is 22.8 Å². The Hall–Kier alpha value is -3.82. The van der Waals surface area contributed by atoms with Gasteiger partial charge in [0.15, 0.2) is 6.61 Å². The molecule has 1 N–H and O–H groups in total. The number of fused-ring (bicyclic) bond motifs is 1. The minimum atomic E-state index is -4.62. The molecular weight excluding hydrogens is 437 g/mol. The zero-order valence-electron chi connectivity index (χ0n) is 17.9. The average molecular weight is 458 g/mol. The van der Waals surface area contributed by atoms with Gasteiger partial charge in [0.2, 0.25) is 5.91 Å². The lowest BCUT2D eigenvalue weighted by molar-refractivity contribution is -0.138. The first kappa shape index (κ1) is 22.4. The number of hydrogen-bond acceptors (Lipinski definition) is 4. The molecule has 0 bridgehead atoms. The summed E-state index contributed by atoms with van der Waals surface area (Å²) in [7, 11) is 0. The Bertz CT molecular complexity index is 1220. The second kappa shape index (κ2) is 8.61. The molecule has 2 amide bonds. The van der Waals surface area contributed by atoms with Gasteiger partial charge in [-0.15, -0.1) is 0 Å². The van der Waals surface area contributed by atoms with Crippen molar-refractivity contribution in [3.8, 4) is 11.4 Å². The Balaban J connectivity index is 1.52. The van der Waals surface area contributed by atoms with Crippen molar-refractivity contribution in [2.24, 2.45) is 0 Å². The molecule has 33 heavy (non-hydrogen) atoms. The molecule has 10 heteroatoms. The molecule has 0 radical (unpaired) electrons. The van der Waals surface area contributed by atoms with Gasteiger partial charge in [0, 0.05) is 12.2 Å². The third kappa shape index (κ3) is 4.69. The molecule has 0 unspecified atom stereocenters. The number of nitrogens with zero attached hydrogens (tertiary/aromatic N) is 3. The van der Waals surface area contributed by atoms with Crippen LogP contribution in [0.5, 0.6) is 5.75 Å². The number of aryl methyl sites for hydroxylation is 2. The molecule has 0 fully saturated rings. The van der Waals surface area contributed by atoms with Crippen molar-refractivity contribution in [1.82, 2.24) is 15.1 Å². The van der Waals surface area contributed by atoms with Crippen LogP contribution in [-0.2, 0) is 22.3 Å². The van der Waals surface area contributed by atoms with Crippen molar-refractivity contribution in [1.29, 1.82) is 0 Å². The second-order valence-corrected chi connectivity index (χ2v) is 7.69. The van der Waals surface area contributed by atoms with Crippen LogP contribution in [0.25, 0.3) is 5.69 Å². The third-order valence-electron chi connectivity index (χ3n) is 5.24. The summed E-state index contributed by atoms with van der Waals surface area (Å²) in [5.41, 5.74) is 1.16. The van der Waals surface area contributed by atoms with E-state index in [-0.39, 0.29) is 30.9 Å². The number of carbonyl (C=O) groups excluding carboxylic acids is 2. The lowest BCUT2D eigenvalue weighted by atomic mass is 10.1. The molecule has 1 aromatic heterocycles. The molecule has 172 valence electrons. The highest BCUT2D eigenvalue weighted by molar-refractivity contribution is 6.02. The van der Waals surface area contributed by atoms with Gasteiger partial charge in [-0.05, 0) is 49.7 Å². The molecule has 2 heterocycles. The summed E-state index contributed by atoms with van der Waals surface area (Å²) < 4.78 is 48.0. The van der Waals surface area contributed by atoms with E-state index in [1.165, 1.54) is 21.7 Å². The highest BCUT2D eigenvalue weighted by atomic mass is 19.4. The Morgan fingerprint density at radius 1 is 1.15 bits per heavy atom. The molecule has 0 aliphatic carbocycles. The Kier molecular flexibility index (Phi) is 5.84. The number of amides is 2. The molecule has 3 aromatic rings. The smallest absolute Gasteiger partial charge is 0.416 e. The van der Waals surface area contributed by atoms with Crippen LogP contribution in [0, 0.1) is 13.8 Å². The van der Waals surface area contributed by atoms with Crippen molar-refractivity contribution in [3.63, 3.8) is 0 Å². The maximum absolute atomic E-state index is 13.8. The predicted octanol–water partition coefficient (Wildman–Crippen LogP) is 3.55. The lowest BCUT2D eigenvalue weighted by Gasteiger charge is -2.28. The highest BCUT2D eigenvalue weighted by Gasteiger charge is 2.34. The van der Waals surface area contributed by atoms with Gasteiger partial charge in [0.05, 0.1) is 22.6 Å². The number of carbonyl (C=O) groups is 2. The summed E-state index contributed by atoms with van der Waals surface area (Å²) >= 11 is 0. The molecule has 2 aromatic carbocycles. The van der Waals surface area contributed by atoms with Crippen LogP contribution in [0.3, 0.4) is 0 Å². The Morgan fingerprint density at radius 2 is 1.91 bits per heavy atom. The summed E-state index contributed by atoms with van der Waals surface area (Å²) in [6.45, 7) is 2.63. The van der Waals surface area contributed by atoms with Crippen molar-refractivity contribution in [3.05, 3.63) is 71.0 Å². The van der Waals surface area contributed by atoms with E-state index in [4.69, 9.17) is 4.74 Å². The zero-order valence-corrected chi connectivity index (χ0v) is 17.9. The molecule has 1 aliphatic heterocycles. The zero-order chi connectivity index (χ0) is 23.8. The van der Waals surface area contributed by atoms with Gasteiger partial charge in [-0.3, -0.25) is 14.5 Å². The van der Waals surface area contributed by atoms with E-state index in [2.05, 4.69) is 10.4 Å². The lowest BCUT2D eigenvalue weighted by Crippen LogP contribution is -2.45. The predicted molar refractivity (Wildman–Crippen MR) is 114 cm³/mol. The molecule has 0 saturated carbocycles. The number of ether oxygens (including phenoxy) is 1. The standard InChI is InChI=1S/C23H21F3N4O3/c1-14-9-15(2)30(28-14)17-8-7-16(18(10-17)23(24,25)26)11-27-21(31)12-29-19-5-3-4-6-20(19)33-13-22(29)32/h3-10H,11-13H2,1-2H3,(H,27,31). The summed E-state index contributed by atoms with van der Waals surface area (Å²) in [5.74, 6) is -0.533. The van der Waals surface area contributed by atoms with Crippen LogP contribution >= 0.6 is 0 Å². The van der Waals surface area contributed by atoms with E-state index >= 15 is 0 Å². The van der Waals surface area contributed by atoms with E-state index in [0.717, 1.165) is 6.07 Å². The number of alkyl halides is 3. The SMILES string of the molecule is Cc1cc(C)n(-c2ccc(CNC(=O)CN3C(=O)COc4ccccc43)c(C(F)(F)F)c2)n1. The normalized spacial score (nSPS) is 13.5. The van der Waals surface area contributed by atoms with E-state index in [1.54, 1.807) is 44.2 Å². The van der Waals surface area contributed by atoms with Crippen molar-refractivity contribution >= 4 is 17.5 Å². The third-order valence-corrected chi connectivity index (χ3v) is 5.24. The number of halogens is 3. The maximum Gasteiger partial charge on any atom is 0.416 e. The van der Waals surface area contributed by atoms with Gasteiger partial charge in [-0.1, -0.05) is 18.2 Å². The molecule has 1 aliphatic rings. The molecule has 0 saturated heterocycles. The van der Waals surface area contributed by atoms with Gasteiger partial charge in [0.25, 0.3) is 5.91 Å². The van der Waals surface area contributed by atoms with Crippen LogP contribution in [-0.4, -0.2) is 34.7 Å². The summed E-state index contributed by atoms with van der Waals surface area (Å²) in [5, 5.41) is 6.72. The Morgan fingerprint density at radius 3 is 2.61 bits per heavy atom. The number of aromatic nitrogens is 2. The van der Waals surface area contributed by atoms with Crippen molar-refractivity contribution in [2.75, 3.05) is 18.1 Å². The largest absolute Gasteiger partial charge is 0.482 e. The van der Waals surface area contributed by atoms with E-state index < -0.39 is 23.6 Å². The minimum absolute atomic E-state index is 0.0881. The Labute approximate surface area is 187 Å².